The van der Waals surface area contributed by atoms with Crippen molar-refractivity contribution < 1.29 is 43.2 Å². The third kappa shape index (κ3) is 9.96. The largest absolute Gasteiger partial charge is 0.491 e. The summed E-state index contributed by atoms with van der Waals surface area (Å²) >= 11 is 8.55. The first-order valence-electron chi connectivity index (χ1n) is 22.3. The molecule has 3 aliphatic carbocycles. The van der Waals surface area contributed by atoms with E-state index in [2.05, 4.69) is 20.9 Å². The number of morpholine rings is 1. The second-order valence-corrected chi connectivity index (χ2v) is 20.4. The smallest absolute Gasteiger partial charge is 0.408 e. The van der Waals surface area contributed by atoms with E-state index in [1.165, 1.54) is 22.7 Å². The topological polar surface area (TPSA) is 194 Å². The number of hydrogen-bond donors (Lipinski definition) is 4. The van der Waals surface area contributed by atoms with Gasteiger partial charge in [0, 0.05) is 48.9 Å². The number of ether oxygens (including phenoxy) is 4. The first-order chi connectivity index (χ1) is 30.0. The lowest BCUT2D eigenvalue weighted by atomic mass is 9.85. The molecule has 2 aromatic heterocycles. The number of likely N-dealkylation sites (tertiary alicyclic amines) is 1. The molecule has 3 amide bonds. The molecule has 2 saturated heterocycles. The Balaban J connectivity index is 1.09. The Morgan fingerprint density at radius 2 is 1.78 bits per heavy atom. The van der Waals surface area contributed by atoms with E-state index in [1.807, 2.05) is 53.0 Å². The number of pyridine rings is 1. The molecule has 1 unspecified atom stereocenters. The van der Waals surface area contributed by atoms with E-state index < -0.39 is 53.0 Å². The van der Waals surface area contributed by atoms with Crippen LogP contribution >= 0.6 is 22.9 Å². The number of halogens is 1. The van der Waals surface area contributed by atoms with Gasteiger partial charge in [-0.2, -0.15) is 0 Å². The minimum absolute atomic E-state index is 0.0295. The molecule has 3 aromatic rings. The highest BCUT2D eigenvalue weighted by Gasteiger charge is 2.61. The lowest BCUT2D eigenvalue weighted by Crippen LogP contribution is -2.59. The highest BCUT2D eigenvalue weighted by molar-refractivity contribution is 7.14. The number of thiazole rings is 1. The van der Waals surface area contributed by atoms with E-state index in [0.29, 0.717) is 89.9 Å². The Hall–Kier alpha value is -4.45. The summed E-state index contributed by atoms with van der Waals surface area (Å²) in [4.78, 5) is 68.5. The van der Waals surface area contributed by atoms with Gasteiger partial charge in [-0.05, 0) is 74.8 Å². The van der Waals surface area contributed by atoms with Gasteiger partial charge in [0.1, 0.15) is 58.7 Å². The number of aromatic nitrogens is 2. The highest BCUT2D eigenvalue weighted by atomic mass is 35.5. The summed E-state index contributed by atoms with van der Waals surface area (Å²) in [6, 6.07) is 3.38. The minimum Gasteiger partial charge on any atom is -0.491 e. The van der Waals surface area contributed by atoms with E-state index in [-0.39, 0.29) is 31.0 Å². The molecule has 4 heterocycles. The van der Waals surface area contributed by atoms with Gasteiger partial charge in [-0.1, -0.05) is 45.7 Å². The number of fused-ring (bicyclic) bond motifs is 2. The maximum absolute atomic E-state index is 14.8. The van der Waals surface area contributed by atoms with Gasteiger partial charge >= 0.3 is 12.1 Å². The van der Waals surface area contributed by atoms with Gasteiger partial charge < -0.3 is 44.9 Å². The molecule has 0 bridgehead atoms. The molecule has 5 aliphatic rings. The number of anilines is 1. The summed E-state index contributed by atoms with van der Waals surface area (Å²) in [6.45, 7) is 15.6. The van der Waals surface area contributed by atoms with Crippen LogP contribution in [-0.4, -0.2) is 131 Å². The van der Waals surface area contributed by atoms with Crippen LogP contribution < -0.4 is 25.4 Å². The molecular formula is C45H60ClN7O9S. The van der Waals surface area contributed by atoms with Crippen LogP contribution in [-0.2, 0) is 23.9 Å². The van der Waals surface area contributed by atoms with Gasteiger partial charge in [-0.15, -0.1) is 11.3 Å². The average Bonchev–Trinajstić information content (AvgIpc) is 3.91. The Morgan fingerprint density at radius 1 is 1.03 bits per heavy atom. The number of hydrogen-bond acceptors (Lipinski definition) is 13. The van der Waals surface area contributed by atoms with Gasteiger partial charge in [-0.3, -0.25) is 14.5 Å². The number of carboxylic acids is 1. The zero-order valence-electron chi connectivity index (χ0n) is 36.9. The number of rotatable bonds is 16. The molecule has 2 aliphatic heterocycles. The van der Waals surface area contributed by atoms with E-state index in [1.54, 1.807) is 12.1 Å². The molecule has 0 radical (unpaired) electrons. The fraction of sp³-hybridized carbons (Fsp3) is 0.644. The minimum atomic E-state index is -1.42. The quantitative estimate of drug-likeness (QED) is 0.127. The number of aliphatic carboxylic acids is 1. The van der Waals surface area contributed by atoms with Crippen molar-refractivity contribution in [3.05, 3.63) is 28.6 Å². The van der Waals surface area contributed by atoms with Crippen LogP contribution in [0.25, 0.3) is 22.3 Å². The molecule has 18 heteroatoms. The second kappa shape index (κ2) is 18.2. The summed E-state index contributed by atoms with van der Waals surface area (Å²) in [5.74, 6) is -0.376. The van der Waals surface area contributed by atoms with E-state index in [9.17, 15) is 24.3 Å². The number of carboxylic acid groups (broad SMARTS) is 1. The molecule has 1 aromatic carbocycles. The number of amides is 3. The summed E-state index contributed by atoms with van der Waals surface area (Å²) in [6.07, 6.45) is 2.11. The van der Waals surface area contributed by atoms with Gasteiger partial charge in [0.2, 0.25) is 11.8 Å². The standard InChI is InChI=1S/C45H60ClN7O9S/c1-7-27-21-45(27,41(56)57)51-39(54)33-19-29(22-53(33)40(55)38(44(4,5)6)50-43(58)62-28-17-25-16-26(25)18-28)61-35-20-31(32-23-63-42(49-32)47-24(2)3)48-37-30(35)8-9-34(36(37)46)60-15-12-52-10-13-59-14-11-52/h8-9,20,23-29,33,38H,7,10-19,21-22H2,1-6H3,(H,47,49)(H,50,58)(H,51,54)(H,56,57)/t25-,26+,27?,28+,29-,33+,38-,45-/m1/s1. The van der Waals surface area contributed by atoms with Crippen LogP contribution in [0.4, 0.5) is 9.93 Å². The van der Waals surface area contributed by atoms with Crippen molar-refractivity contribution in [2.75, 3.05) is 51.3 Å². The van der Waals surface area contributed by atoms with Crippen molar-refractivity contribution in [1.82, 2.24) is 30.4 Å². The summed E-state index contributed by atoms with van der Waals surface area (Å²) < 4.78 is 24.3. The molecule has 63 heavy (non-hydrogen) atoms. The summed E-state index contributed by atoms with van der Waals surface area (Å²) in [5.41, 5.74) is -0.683. The predicted molar refractivity (Wildman–Crippen MR) is 238 cm³/mol. The van der Waals surface area contributed by atoms with Crippen molar-refractivity contribution in [1.29, 1.82) is 0 Å². The monoisotopic (exact) mass is 909 g/mol. The molecule has 8 atom stereocenters. The zero-order valence-corrected chi connectivity index (χ0v) is 38.5. The fourth-order valence-electron chi connectivity index (χ4n) is 9.38. The predicted octanol–water partition coefficient (Wildman–Crippen LogP) is 6.20. The van der Waals surface area contributed by atoms with Crippen LogP contribution in [0.1, 0.15) is 80.1 Å². The number of nitrogens with one attached hydrogen (secondary N) is 3. The Bertz CT molecular complexity index is 2200. The molecular weight excluding hydrogens is 850 g/mol. The third-order valence-electron chi connectivity index (χ3n) is 13.1. The molecule has 342 valence electrons. The SMILES string of the molecule is CCC1C[C@]1(NC(=O)[C@@H]1C[C@@H](Oc2cc(-c3csc(NC(C)C)n3)nc3c(Cl)c(OCCN4CCOCC4)ccc23)CN1C(=O)[C@@H](NC(=O)O[C@@H]1C[C@@H]2C[C@@H]2C1)C(C)(C)C)C(=O)O. The Morgan fingerprint density at radius 3 is 2.44 bits per heavy atom. The molecule has 4 N–H and O–H groups in total. The maximum Gasteiger partial charge on any atom is 0.408 e. The van der Waals surface area contributed by atoms with Gasteiger partial charge in [-0.25, -0.2) is 19.6 Å². The number of carbonyl (C=O) groups is 4. The number of benzene rings is 1. The highest BCUT2D eigenvalue weighted by Crippen LogP contribution is 2.52. The van der Waals surface area contributed by atoms with E-state index in [0.717, 1.165) is 31.1 Å². The van der Waals surface area contributed by atoms with Crippen LogP contribution in [0.15, 0.2) is 23.6 Å². The molecule has 3 saturated carbocycles. The first kappa shape index (κ1) is 45.1. The van der Waals surface area contributed by atoms with Crippen molar-refractivity contribution >= 4 is 62.8 Å². The van der Waals surface area contributed by atoms with Crippen molar-refractivity contribution in [2.45, 2.75) is 116 Å². The summed E-state index contributed by atoms with van der Waals surface area (Å²) in [5, 5.41) is 22.7. The van der Waals surface area contributed by atoms with E-state index >= 15 is 0 Å². The molecule has 16 nitrogen and oxygen atoms in total. The molecule has 8 rings (SSSR count). The summed E-state index contributed by atoms with van der Waals surface area (Å²) in [7, 11) is 0. The van der Waals surface area contributed by atoms with Gasteiger partial charge in [0.05, 0.1) is 31.0 Å². The Kier molecular flexibility index (Phi) is 13.0. The maximum atomic E-state index is 14.8. The van der Waals surface area contributed by atoms with Gasteiger partial charge in [0.25, 0.3) is 0 Å². The van der Waals surface area contributed by atoms with Crippen LogP contribution in [0.3, 0.4) is 0 Å². The zero-order chi connectivity index (χ0) is 44.8. The number of alkyl carbamates (subject to hydrolysis) is 1. The lowest BCUT2D eigenvalue weighted by Gasteiger charge is -2.35. The fourth-order valence-corrected chi connectivity index (χ4v) is 10.5. The van der Waals surface area contributed by atoms with Crippen molar-refractivity contribution in [2.24, 2.45) is 23.2 Å². The van der Waals surface area contributed by atoms with Crippen LogP contribution in [0.2, 0.25) is 5.02 Å². The average molecular weight is 911 g/mol. The van der Waals surface area contributed by atoms with E-state index in [4.69, 9.17) is 40.5 Å². The number of nitrogens with zero attached hydrogens (tertiary/aromatic N) is 4. The molecule has 0 spiro atoms. The number of carbonyl (C=O) groups excluding carboxylic acids is 3. The van der Waals surface area contributed by atoms with Crippen molar-refractivity contribution in [3.8, 4) is 22.9 Å². The first-order valence-corrected chi connectivity index (χ1v) is 23.6. The van der Waals surface area contributed by atoms with Crippen LogP contribution in [0.5, 0.6) is 11.5 Å². The second-order valence-electron chi connectivity index (χ2n) is 19.2. The van der Waals surface area contributed by atoms with Crippen LogP contribution in [0, 0.1) is 23.2 Å². The normalized spacial score (nSPS) is 27.1. The Labute approximate surface area is 377 Å². The third-order valence-corrected chi connectivity index (χ3v) is 14.2. The van der Waals surface area contributed by atoms with Crippen molar-refractivity contribution in [3.63, 3.8) is 0 Å². The molecule has 5 fully saturated rings. The van der Waals surface area contributed by atoms with Gasteiger partial charge in [0.15, 0.2) is 5.13 Å². The lowest BCUT2D eigenvalue weighted by molar-refractivity contribution is -0.146.